The summed E-state index contributed by atoms with van der Waals surface area (Å²) in [5.74, 6) is 0.942. The fourth-order valence-corrected chi connectivity index (χ4v) is 6.54. The molecule has 31 heavy (non-hydrogen) atoms. The molecule has 4 rings (SSSR count). The molecule has 1 aromatic carbocycles. The van der Waals surface area contributed by atoms with Gasteiger partial charge in [0.1, 0.15) is 10.6 Å². The summed E-state index contributed by atoms with van der Waals surface area (Å²) in [5, 5.41) is 10.1. The molecule has 2 heterocycles. The number of pyridine rings is 1. The van der Waals surface area contributed by atoms with Crippen molar-refractivity contribution >= 4 is 10.0 Å². The Morgan fingerprint density at radius 3 is 2.68 bits per heavy atom. The highest BCUT2D eigenvalue weighted by atomic mass is 32.2. The zero-order chi connectivity index (χ0) is 21.8. The van der Waals surface area contributed by atoms with Crippen LogP contribution in [0.5, 0.6) is 5.75 Å². The molecule has 0 spiro atoms. The van der Waals surface area contributed by atoms with Crippen LogP contribution in [0.4, 0.5) is 0 Å². The van der Waals surface area contributed by atoms with E-state index in [1.807, 2.05) is 6.07 Å². The first kappa shape index (κ1) is 22.2. The van der Waals surface area contributed by atoms with E-state index < -0.39 is 10.0 Å². The van der Waals surface area contributed by atoms with Crippen molar-refractivity contribution in [3.8, 4) is 5.75 Å². The molecule has 7 heteroatoms. The minimum absolute atomic E-state index is 0.283. The molecule has 1 aromatic heterocycles. The molecule has 1 aliphatic heterocycles. The Morgan fingerprint density at radius 1 is 1.16 bits per heavy atom. The fourth-order valence-electron chi connectivity index (χ4n) is 5.10. The van der Waals surface area contributed by atoms with Gasteiger partial charge in [-0.1, -0.05) is 19.1 Å². The van der Waals surface area contributed by atoms with Crippen molar-refractivity contribution in [3.63, 3.8) is 0 Å². The number of aromatic nitrogens is 1. The van der Waals surface area contributed by atoms with Crippen LogP contribution < -0.4 is 0 Å². The maximum Gasteiger partial charge on any atom is 0.244 e. The number of benzene rings is 1. The molecule has 1 atom stereocenters. The fraction of sp³-hybridized carbons (Fsp3) is 0.542. The molecular formula is C24H33N3O3S. The van der Waals surface area contributed by atoms with Crippen LogP contribution in [0.25, 0.3) is 0 Å². The molecule has 2 aromatic rings. The van der Waals surface area contributed by atoms with Gasteiger partial charge >= 0.3 is 0 Å². The molecule has 6 nitrogen and oxygen atoms in total. The van der Waals surface area contributed by atoms with Crippen LogP contribution in [0.3, 0.4) is 0 Å². The highest BCUT2D eigenvalue weighted by Gasteiger charge is 2.32. The summed E-state index contributed by atoms with van der Waals surface area (Å²) in [6.45, 7) is 5.45. The van der Waals surface area contributed by atoms with E-state index in [2.05, 4.69) is 22.9 Å². The number of piperidine rings is 1. The maximum atomic E-state index is 12.9. The van der Waals surface area contributed by atoms with Crippen molar-refractivity contribution in [2.75, 3.05) is 26.2 Å². The molecule has 0 radical (unpaired) electrons. The second-order valence-corrected chi connectivity index (χ2v) is 10.8. The van der Waals surface area contributed by atoms with Gasteiger partial charge < -0.3 is 5.11 Å². The molecular weight excluding hydrogens is 410 g/mol. The Kier molecular flexibility index (Phi) is 6.94. The van der Waals surface area contributed by atoms with Crippen LogP contribution in [0.15, 0.2) is 47.6 Å². The quantitative estimate of drug-likeness (QED) is 0.709. The van der Waals surface area contributed by atoms with Gasteiger partial charge in [0, 0.05) is 38.1 Å². The lowest BCUT2D eigenvalue weighted by atomic mass is 9.86. The molecule has 1 N–H and O–H groups in total. The van der Waals surface area contributed by atoms with Crippen LogP contribution in [0.2, 0.25) is 0 Å². The summed E-state index contributed by atoms with van der Waals surface area (Å²) in [6, 6.07) is 9.66. The number of hydrogen-bond acceptors (Lipinski definition) is 5. The normalized spacial score (nSPS) is 20.6. The van der Waals surface area contributed by atoms with Gasteiger partial charge in [0.05, 0.1) is 0 Å². The predicted octanol–water partition coefficient (Wildman–Crippen LogP) is 3.46. The smallest absolute Gasteiger partial charge is 0.244 e. The molecule has 1 fully saturated rings. The van der Waals surface area contributed by atoms with Gasteiger partial charge in [-0.05, 0) is 80.3 Å². The SMILES string of the molecule is CCCN(CC1CCN(S(=O)(=O)c2cccnc2)CC1)[C@@H]1CCc2c(O)cccc2C1. The van der Waals surface area contributed by atoms with Crippen LogP contribution in [-0.4, -0.2) is 59.9 Å². The minimum Gasteiger partial charge on any atom is -0.508 e. The van der Waals surface area contributed by atoms with Gasteiger partial charge in [0.25, 0.3) is 0 Å². The second-order valence-electron chi connectivity index (χ2n) is 8.84. The zero-order valence-corrected chi connectivity index (χ0v) is 19.1. The molecule has 0 bridgehead atoms. The van der Waals surface area contributed by atoms with Crippen molar-refractivity contribution < 1.29 is 13.5 Å². The Balaban J connectivity index is 1.37. The number of sulfonamides is 1. The van der Waals surface area contributed by atoms with E-state index in [0.717, 1.165) is 57.2 Å². The molecule has 1 aliphatic carbocycles. The topological polar surface area (TPSA) is 73.7 Å². The van der Waals surface area contributed by atoms with Crippen LogP contribution in [-0.2, 0) is 22.9 Å². The van der Waals surface area contributed by atoms with Gasteiger partial charge in [0.15, 0.2) is 0 Å². The second kappa shape index (κ2) is 9.67. The lowest BCUT2D eigenvalue weighted by Crippen LogP contribution is -2.46. The summed E-state index contributed by atoms with van der Waals surface area (Å²) < 4.78 is 27.3. The Labute approximate surface area is 186 Å². The van der Waals surface area contributed by atoms with Gasteiger partial charge in [-0.15, -0.1) is 0 Å². The van der Waals surface area contributed by atoms with Crippen molar-refractivity contribution in [1.29, 1.82) is 0 Å². The third-order valence-corrected chi connectivity index (χ3v) is 8.68. The monoisotopic (exact) mass is 443 g/mol. The molecule has 0 amide bonds. The number of aromatic hydroxyl groups is 1. The number of rotatable bonds is 7. The van der Waals surface area contributed by atoms with Crippen molar-refractivity contribution in [3.05, 3.63) is 53.9 Å². The summed E-state index contributed by atoms with van der Waals surface area (Å²) in [7, 11) is -3.45. The number of fused-ring (bicyclic) bond motifs is 1. The van der Waals surface area contributed by atoms with E-state index in [1.165, 1.54) is 11.8 Å². The molecule has 0 saturated carbocycles. The average molecular weight is 444 g/mol. The van der Waals surface area contributed by atoms with E-state index >= 15 is 0 Å². The number of phenols is 1. The predicted molar refractivity (Wildman–Crippen MR) is 122 cm³/mol. The Morgan fingerprint density at radius 2 is 1.97 bits per heavy atom. The summed E-state index contributed by atoms with van der Waals surface area (Å²) in [5.41, 5.74) is 2.39. The van der Waals surface area contributed by atoms with E-state index in [9.17, 15) is 13.5 Å². The van der Waals surface area contributed by atoms with E-state index in [0.29, 0.717) is 30.8 Å². The van der Waals surface area contributed by atoms with E-state index in [-0.39, 0.29) is 4.90 Å². The van der Waals surface area contributed by atoms with Gasteiger partial charge in [0.2, 0.25) is 10.0 Å². The highest BCUT2D eigenvalue weighted by molar-refractivity contribution is 7.89. The number of phenolic OH excluding ortho intramolecular Hbond substituents is 1. The first-order valence-corrected chi connectivity index (χ1v) is 12.9. The largest absolute Gasteiger partial charge is 0.508 e. The molecule has 0 unspecified atom stereocenters. The maximum absolute atomic E-state index is 12.9. The van der Waals surface area contributed by atoms with Crippen LogP contribution in [0, 0.1) is 5.92 Å². The number of nitrogens with zero attached hydrogens (tertiary/aromatic N) is 3. The summed E-state index contributed by atoms with van der Waals surface area (Å²) in [4.78, 5) is 6.86. The van der Waals surface area contributed by atoms with Gasteiger partial charge in [-0.3, -0.25) is 9.88 Å². The average Bonchev–Trinajstić information content (AvgIpc) is 2.80. The lowest BCUT2D eigenvalue weighted by molar-refractivity contribution is 0.129. The third kappa shape index (κ3) is 4.94. The van der Waals surface area contributed by atoms with Gasteiger partial charge in [-0.25, -0.2) is 8.42 Å². The van der Waals surface area contributed by atoms with Crippen molar-refractivity contribution in [2.45, 2.75) is 56.4 Å². The summed E-state index contributed by atoms with van der Waals surface area (Å²) in [6.07, 6.45) is 8.90. The van der Waals surface area contributed by atoms with Crippen molar-refractivity contribution in [1.82, 2.24) is 14.2 Å². The first-order valence-electron chi connectivity index (χ1n) is 11.4. The highest BCUT2D eigenvalue weighted by Crippen LogP contribution is 2.32. The molecule has 2 aliphatic rings. The van der Waals surface area contributed by atoms with Crippen LogP contribution in [0.1, 0.15) is 43.7 Å². The van der Waals surface area contributed by atoms with Gasteiger partial charge in [-0.2, -0.15) is 4.31 Å². The lowest BCUT2D eigenvalue weighted by Gasteiger charge is -2.39. The first-order chi connectivity index (χ1) is 15.0. The Hall–Kier alpha value is -1.96. The summed E-state index contributed by atoms with van der Waals surface area (Å²) >= 11 is 0. The Bertz CT molecular complexity index is 973. The van der Waals surface area contributed by atoms with E-state index in [1.54, 1.807) is 28.7 Å². The number of hydrogen-bond donors (Lipinski definition) is 1. The van der Waals surface area contributed by atoms with E-state index in [4.69, 9.17) is 0 Å². The van der Waals surface area contributed by atoms with Crippen molar-refractivity contribution in [2.24, 2.45) is 5.92 Å². The minimum atomic E-state index is -3.45. The molecule has 168 valence electrons. The van der Waals surface area contributed by atoms with Crippen LogP contribution >= 0.6 is 0 Å². The molecule has 1 saturated heterocycles. The standard InChI is InChI=1S/C24H33N3O3S/c1-2-13-26(21-8-9-23-20(16-21)5-3-7-24(23)28)18-19-10-14-27(15-11-19)31(29,30)22-6-4-12-25-17-22/h3-7,12,17,19,21,28H,2,8-11,13-16,18H2,1H3/t21-/m1/s1. The zero-order valence-electron chi connectivity index (χ0n) is 18.3. The third-order valence-electron chi connectivity index (χ3n) is 6.80.